The van der Waals surface area contributed by atoms with E-state index in [0.29, 0.717) is 12.1 Å². The van der Waals surface area contributed by atoms with Crippen LogP contribution in [0.25, 0.3) is 0 Å². The first-order valence-corrected chi connectivity index (χ1v) is 6.32. The number of hydrogen-bond acceptors (Lipinski definition) is 2. The highest BCUT2D eigenvalue weighted by atomic mass is 19.3. The second-order valence-corrected chi connectivity index (χ2v) is 4.60. The molecule has 0 radical (unpaired) electrons. The maximum Gasteiger partial charge on any atom is 0.315 e. The molecule has 8 heteroatoms. The Morgan fingerprint density at radius 2 is 2.05 bits per heavy atom. The van der Waals surface area contributed by atoms with Crippen LogP contribution in [0, 0.1) is 0 Å². The van der Waals surface area contributed by atoms with Crippen LogP contribution < -0.4 is 15.4 Å². The van der Waals surface area contributed by atoms with Crippen LogP contribution in [0.3, 0.4) is 0 Å². The first-order chi connectivity index (χ1) is 9.90. The Balaban J connectivity index is 1.99. The summed E-state index contributed by atoms with van der Waals surface area (Å²) < 4.78 is 54.9. The van der Waals surface area contributed by atoms with Crippen LogP contribution in [-0.4, -0.2) is 31.5 Å². The summed E-state index contributed by atoms with van der Waals surface area (Å²) in [5.41, 5.74) is 0.608. The monoisotopic (exact) mass is 306 g/mol. The lowest BCUT2D eigenvalue weighted by molar-refractivity contribution is -0.137. The average molecular weight is 306 g/mol. The molecule has 1 saturated heterocycles. The molecule has 2 rings (SSSR count). The van der Waals surface area contributed by atoms with Gasteiger partial charge in [-0.25, -0.2) is 22.4 Å². The molecule has 1 aliphatic heterocycles. The number of hydrogen-bond donors (Lipinski definition) is 2. The van der Waals surface area contributed by atoms with Gasteiger partial charge >= 0.3 is 18.4 Å². The zero-order chi connectivity index (χ0) is 15.5. The Labute approximate surface area is 118 Å². The lowest BCUT2D eigenvalue weighted by atomic mass is 10.1. The van der Waals surface area contributed by atoms with Crippen LogP contribution >= 0.6 is 0 Å². The number of nitrogens with one attached hydrogen (secondary N) is 2. The molecule has 21 heavy (non-hydrogen) atoms. The number of ether oxygens (including phenoxy) is 1. The molecular formula is C13H14F4N2O2. The van der Waals surface area contributed by atoms with E-state index in [0.717, 1.165) is 0 Å². The summed E-state index contributed by atoms with van der Waals surface area (Å²) in [4.78, 5) is 11.1. The van der Waals surface area contributed by atoms with E-state index in [4.69, 9.17) is 4.74 Å². The summed E-state index contributed by atoms with van der Waals surface area (Å²) in [6.45, 7) is -0.200. The van der Waals surface area contributed by atoms with Crippen molar-refractivity contribution >= 4 is 6.03 Å². The second-order valence-electron chi connectivity index (χ2n) is 4.60. The first kappa shape index (κ1) is 15.4. The predicted octanol–water partition coefficient (Wildman–Crippen LogP) is 2.71. The lowest BCUT2D eigenvalue weighted by Crippen LogP contribution is -2.28. The van der Waals surface area contributed by atoms with E-state index in [1.165, 1.54) is 0 Å². The van der Waals surface area contributed by atoms with Gasteiger partial charge < -0.3 is 15.4 Å². The quantitative estimate of drug-likeness (QED) is 0.794. The topological polar surface area (TPSA) is 50.4 Å². The average Bonchev–Trinajstić information content (AvgIpc) is 2.85. The molecule has 1 aromatic carbocycles. The molecule has 1 aromatic rings. The van der Waals surface area contributed by atoms with Crippen LogP contribution in [0.5, 0.6) is 5.75 Å². The zero-order valence-electron chi connectivity index (χ0n) is 10.9. The molecule has 2 N–H and O–H groups in total. The molecule has 4 nitrogen and oxygen atoms in total. The summed E-state index contributed by atoms with van der Waals surface area (Å²) in [5, 5.41) is 5.20. The van der Waals surface area contributed by atoms with E-state index < -0.39 is 25.4 Å². The number of amides is 2. The third-order valence-corrected chi connectivity index (χ3v) is 3.08. The highest BCUT2D eigenvalue weighted by molar-refractivity contribution is 5.77. The SMILES string of the molecule is O=C1NCC(c2ccccc2OCCC(F)(F)C(F)F)N1. The highest BCUT2D eigenvalue weighted by Crippen LogP contribution is 2.29. The number of halogens is 4. The van der Waals surface area contributed by atoms with Gasteiger partial charge in [-0.05, 0) is 6.07 Å². The van der Waals surface area contributed by atoms with Gasteiger partial charge in [0.15, 0.2) is 0 Å². The minimum atomic E-state index is -4.07. The number of rotatable bonds is 6. The summed E-state index contributed by atoms with van der Waals surface area (Å²) in [6.07, 6.45) is -4.79. The predicted molar refractivity (Wildman–Crippen MR) is 66.8 cm³/mol. The fraction of sp³-hybridized carbons (Fsp3) is 0.462. The van der Waals surface area contributed by atoms with Crippen molar-refractivity contribution in [1.29, 1.82) is 0 Å². The normalized spacial score (nSPS) is 18.5. The Morgan fingerprint density at radius 3 is 2.67 bits per heavy atom. The van der Waals surface area contributed by atoms with Crippen molar-refractivity contribution in [2.24, 2.45) is 0 Å². The first-order valence-electron chi connectivity index (χ1n) is 6.32. The summed E-state index contributed by atoms with van der Waals surface area (Å²) in [6, 6.07) is 5.89. The Kier molecular flexibility index (Phi) is 4.54. The van der Waals surface area contributed by atoms with Crippen molar-refractivity contribution in [1.82, 2.24) is 10.6 Å². The fourth-order valence-corrected chi connectivity index (χ4v) is 1.95. The van der Waals surface area contributed by atoms with Crippen molar-refractivity contribution < 1.29 is 27.1 Å². The molecule has 1 aliphatic rings. The molecule has 0 aromatic heterocycles. The van der Waals surface area contributed by atoms with Crippen molar-refractivity contribution in [2.45, 2.75) is 24.8 Å². The van der Waals surface area contributed by atoms with E-state index in [2.05, 4.69) is 10.6 Å². The lowest BCUT2D eigenvalue weighted by Gasteiger charge is -2.18. The van der Waals surface area contributed by atoms with E-state index in [1.54, 1.807) is 24.3 Å². The van der Waals surface area contributed by atoms with E-state index >= 15 is 0 Å². The van der Waals surface area contributed by atoms with Crippen LogP contribution in [-0.2, 0) is 0 Å². The summed E-state index contributed by atoms with van der Waals surface area (Å²) in [7, 11) is 0. The van der Waals surface area contributed by atoms with Crippen LogP contribution in [0.2, 0.25) is 0 Å². The molecule has 2 amide bonds. The third kappa shape index (κ3) is 3.77. The maximum absolute atomic E-state index is 12.8. The van der Waals surface area contributed by atoms with Crippen molar-refractivity contribution in [2.75, 3.05) is 13.2 Å². The number of carbonyl (C=O) groups excluding carboxylic acids is 1. The van der Waals surface area contributed by atoms with Gasteiger partial charge in [-0.2, -0.15) is 0 Å². The molecule has 0 bridgehead atoms. The Morgan fingerprint density at radius 1 is 1.33 bits per heavy atom. The largest absolute Gasteiger partial charge is 0.493 e. The molecule has 1 fully saturated rings. The standard InChI is InChI=1S/C13H14F4N2O2/c14-11(15)13(16,17)5-6-21-10-4-2-1-3-8(10)9-7-18-12(20)19-9/h1-4,9,11H,5-7H2,(H2,18,19,20). The molecule has 0 saturated carbocycles. The van der Waals surface area contributed by atoms with E-state index in [9.17, 15) is 22.4 Å². The highest BCUT2D eigenvalue weighted by Gasteiger charge is 2.40. The molecule has 116 valence electrons. The van der Waals surface area contributed by atoms with Gasteiger partial charge in [0.2, 0.25) is 0 Å². The van der Waals surface area contributed by atoms with Gasteiger partial charge in [-0.3, -0.25) is 0 Å². The van der Waals surface area contributed by atoms with Crippen molar-refractivity contribution in [3.05, 3.63) is 29.8 Å². The van der Waals surface area contributed by atoms with Gasteiger partial charge in [0.05, 0.1) is 19.1 Å². The van der Waals surface area contributed by atoms with Gasteiger partial charge in [0, 0.05) is 12.1 Å². The van der Waals surface area contributed by atoms with E-state index in [-0.39, 0.29) is 17.8 Å². The van der Waals surface area contributed by atoms with Gasteiger partial charge in [0.1, 0.15) is 5.75 Å². The number of para-hydroxylation sites is 1. The minimum absolute atomic E-state index is 0.288. The second kappa shape index (κ2) is 6.19. The Hall–Kier alpha value is -1.99. The van der Waals surface area contributed by atoms with Gasteiger partial charge in [0.25, 0.3) is 0 Å². The van der Waals surface area contributed by atoms with Crippen LogP contribution in [0.1, 0.15) is 18.0 Å². The number of carbonyl (C=O) groups is 1. The maximum atomic E-state index is 12.8. The van der Waals surface area contributed by atoms with Crippen molar-refractivity contribution in [3.8, 4) is 5.75 Å². The molecule has 1 unspecified atom stereocenters. The summed E-state index contributed by atoms with van der Waals surface area (Å²) in [5.74, 6) is -3.78. The van der Waals surface area contributed by atoms with Gasteiger partial charge in [-0.1, -0.05) is 18.2 Å². The van der Waals surface area contributed by atoms with E-state index in [1.807, 2.05) is 0 Å². The smallest absolute Gasteiger partial charge is 0.315 e. The fourth-order valence-electron chi connectivity index (χ4n) is 1.95. The molecule has 0 spiro atoms. The minimum Gasteiger partial charge on any atom is -0.493 e. The number of urea groups is 1. The molecule has 0 aliphatic carbocycles. The number of benzene rings is 1. The van der Waals surface area contributed by atoms with Crippen LogP contribution in [0.15, 0.2) is 24.3 Å². The van der Waals surface area contributed by atoms with Gasteiger partial charge in [-0.15, -0.1) is 0 Å². The molecule has 1 atom stereocenters. The molecule has 1 heterocycles. The van der Waals surface area contributed by atoms with Crippen LogP contribution in [0.4, 0.5) is 22.4 Å². The Bertz CT molecular complexity index is 511. The zero-order valence-corrected chi connectivity index (χ0v) is 10.9. The molecular weight excluding hydrogens is 292 g/mol. The van der Waals surface area contributed by atoms with Crippen molar-refractivity contribution in [3.63, 3.8) is 0 Å². The summed E-state index contributed by atoms with van der Waals surface area (Å²) >= 11 is 0. The third-order valence-electron chi connectivity index (χ3n) is 3.08. The number of alkyl halides is 4.